The molecule has 0 fully saturated rings. The van der Waals surface area contributed by atoms with E-state index in [1.54, 1.807) is 30.5 Å². The van der Waals surface area contributed by atoms with E-state index in [1.165, 1.54) is 18.2 Å². The smallest absolute Gasteiger partial charge is 0.369 e. The number of hydrogen-bond acceptors (Lipinski definition) is 2. The number of alkyl halides is 9. The van der Waals surface area contributed by atoms with Gasteiger partial charge in [-0.2, -0.15) is 39.5 Å². The van der Waals surface area contributed by atoms with Crippen LogP contribution in [0.1, 0.15) is 28.1 Å². The van der Waals surface area contributed by atoms with Crippen molar-refractivity contribution < 1.29 is 44.6 Å². The number of nitrogens with zero attached hydrogens (tertiary/aromatic N) is 2. The lowest BCUT2D eigenvalue weighted by Gasteiger charge is -2.32. The quantitative estimate of drug-likeness (QED) is 0.267. The molecular formula is C26H19F9N2O. The first kappa shape index (κ1) is 27.5. The van der Waals surface area contributed by atoms with Gasteiger partial charge >= 0.3 is 18.5 Å². The molecule has 0 atom stereocenters. The van der Waals surface area contributed by atoms with Crippen molar-refractivity contribution >= 4 is 10.9 Å². The summed E-state index contributed by atoms with van der Waals surface area (Å²) in [6, 6.07) is 11.5. The molecule has 0 aliphatic rings. The first-order valence-corrected chi connectivity index (χ1v) is 11.0. The molecule has 0 aliphatic heterocycles. The Hall–Kier alpha value is -3.54. The third-order valence-electron chi connectivity index (χ3n) is 6.38. The molecule has 4 aromatic rings. The second-order valence-electron chi connectivity index (χ2n) is 8.87. The lowest BCUT2D eigenvalue weighted by Crippen LogP contribution is -2.53. The van der Waals surface area contributed by atoms with Crippen LogP contribution < -0.4 is 0 Å². The summed E-state index contributed by atoms with van der Waals surface area (Å²) in [6.07, 6.45) is -16.5. The molecule has 4 rings (SSSR count). The van der Waals surface area contributed by atoms with Gasteiger partial charge < -0.3 is 9.67 Å². The molecule has 0 radical (unpaired) electrons. The Kier molecular flexibility index (Phi) is 6.54. The lowest BCUT2D eigenvalue weighted by molar-refractivity contribution is -0.376. The first-order valence-electron chi connectivity index (χ1n) is 11.0. The largest absolute Gasteiger partial charge is 0.430 e. The fraction of sp³-hybridized carbons (Fsp3) is 0.269. The topological polar surface area (TPSA) is 38.0 Å². The second kappa shape index (κ2) is 9.04. The monoisotopic (exact) mass is 546 g/mol. The van der Waals surface area contributed by atoms with Crippen LogP contribution >= 0.6 is 0 Å². The second-order valence-corrected chi connectivity index (χ2v) is 8.87. The van der Waals surface area contributed by atoms with Crippen molar-refractivity contribution in [1.29, 1.82) is 0 Å². The van der Waals surface area contributed by atoms with E-state index < -0.39 is 35.3 Å². The van der Waals surface area contributed by atoms with E-state index >= 15 is 0 Å². The Labute approximate surface area is 210 Å². The Bertz CT molecular complexity index is 1470. The number of benzene rings is 2. The molecule has 2 aromatic carbocycles. The first-order chi connectivity index (χ1) is 17.4. The number of rotatable bonds is 4. The molecule has 38 heavy (non-hydrogen) atoms. The number of halogens is 9. The van der Waals surface area contributed by atoms with Gasteiger partial charge in [0, 0.05) is 40.0 Å². The minimum absolute atomic E-state index is 0.0684. The summed E-state index contributed by atoms with van der Waals surface area (Å²) in [5.41, 5.74) is -4.20. The number of aliphatic hydroxyl groups is 1. The van der Waals surface area contributed by atoms with Crippen molar-refractivity contribution in [3.8, 4) is 11.3 Å². The molecule has 0 aliphatic carbocycles. The van der Waals surface area contributed by atoms with Gasteiger partial charge in [-0.05, 0) is 55.8 Å². The molecular weight excluding hydrogens is 527 g/mol. The van der Waals surface area contributed by atoms with Crippen LogP contribution in [0, 0.1) is 13.8 Å². The standard InChI is InChI=1S/C26H19F9N2O/c1-14-11-18-12-20(23(38,25(30,31)32)26(33,34)35)8-10-22(18)37(14)13-17-5-9-21(36-15(17)2)16-3-6-19(7-4-16)24(27,28)29/h3-12,38H,13H2,1-2H3. The van der Waals surface area contributed by atoms with Crippen molar-refractivity contribution in [2.45, 2.75) is 44.5 Å². The maximum atomic E-state index is 13.3. The van der Waals surface area contributed by atoms with Gasteiger partial charge in [0.2, 0.25) is 0 Å². The summed E-state index contributed by atoms with van der Waals surface area (Å²) in [7, 11) is 0. The van der Waals surface area contributed by atoms with E-state index in [9.17, 15) is 44.6 Å². The van der Waals surface area contributed by atoms with Crippen LogP contribution in [0.15, 0.2) is 60.7 Å². The average Bonchev–Trinajstić information content (AvgIpc) is 3.12. The van der Waals surface area contributed by atoms with Gasteiger partial charge in [0.1, 0.15) is 0 Å². The van der Waals surface area contributed by atoms with Crippen molar-refractivity contribution in [3.05, 3.63) is 88.7 Å². The van der Waals surface area contributed by atoms with Crippen LogP contribution in [-0.4, -0.2) is 27.0 Å². The van der Waals surface area contributed by atoms with E-state index in [2.05, 4.69) is 4.98 Å². The van der Waals surface area contributed by atoms with Gasteiger partial charge in [0.25, 0.3) is 5.60 Å². The molecule has 0 saturated heterocycles. The molecule has 2 aromatic heterocycles. The van der Waals surface area contributed by atoms with Crippen LogP contribution in [0.5, 0.6) is 0 Å². The summed E-state index contributed by atoms with van der Waals surface area (Å²) >= 11 is 0. The van der Waals surface area contributed by atoms with Crippen LogP contribution in [0.25, 0.3) is 22.2 Å². The van der Waals surface area contributed by atoms with Crippen molar-refractivity contribution in [2.75, 3.05) is 0 Å². The van der Waals surface area contributed by atoms with E-state index in [0.29, 0.717) is 45.9 Å². The molecule has 0 spiro atoms. The molecule has 3 nitrogen and oxygen atoms in total. The van der Waals surface area contributed by atoms with Crippen molar-refractivity contribution in [1.82, 2.24) is 9.55 Å². The average molecular weight is 546 g/mol. The Morgan fingerprint density at radius 1 is 0.737 bits per heavy atom. The maximum absolute atomic E-state index is 13.3. The zero-order valence-electron chi connectivity index (χ0n) is 19.7. The molecule has 0 amide bonds. The maximum Gasteiger partial charge on any atom is 0.430 e. The van der Waals surface area contributed by atoms with Crippen molar-refractivity contribution in [2.24, 2.45) is 0 Å². The predicted molar refractivity (Wildman–Crippen MR) is 121 cm³/mol. The van der Waals surface area contributed by atoms with Crippen LogP contribution in [0.3, 0.4) is 0 Å². The Balaban J connectivity index is 1.67. The lowest BCUT2D eigenvalue weighted by atomic mass is 9.91. The Morgan fingerprint density at radius 3 is 1.84 bits per heavy atom. The third kappa shape index (κ3) is 4.72. The summed E-state index contributed by atoms with van der Waals surface area (Å²) in [6.45, 7) is 3.47. The minimum Gasteiger partial charge on any atom is -0.369 e. The summed E-state index contributed by atoms with van der Waals surface area (Å²) in [4.78, 5) is 4.45. The number of hydrogen-bond donors (Lipinski definition) is 1. The molecule has 12 heteroatoms. The molecule has 0 bridgehead atoms. The van der Waals surface area contributed by atoms with Gasteiger partial charge in [-0.15, -0.1) is 0 Å². The van der Waals surface area contributed by atoms with Gasteiger partial charge in [0.15, 0.2) is 0 Å². The summed E-state index contributed by atoms with van der Waals surface area (Å²) in [5, 5.41) is 9.79. The zero-order chi connectivity index (χ0) is 28.3. The highest BCUT2D eigenvalue weighted by molar-refractivity contribution is 5.82. The van der Waals surface area contributed by atoms with Gasteiger partial charge in [0.05, 0.1) is 11.3 Å². The van der Waals surface area contributed by atoms with Gasteiger partial charge in [-0.1, -0.05) is 24.3 Å². The minimum atomic E-state index is -5.99. The summed E-state index contributed by atoms with van der Waals surface area (Å²) < 4.78 is 120. The normalized spacial score (nSPS) is 13.4. The zero-order valence-corrected chi connectivity index (χ0v) is 19.7. The van der Waals surface area contributed by atoms with Crippen molar-refractivity contribution in [3.63, 3.8) is 0 Å². The van der Waals surface area contributed by atoms with Crippen LogP contribution in [0.4, 0.5) is 39.5 Å². The van der Waals surface area contributed by atoms with Gasteiger partial charge in [-0.25, -0.2) is 0 Å². The molecule has 2 heterocycles. The molecule has 0 saturated carbocycles. The van der Waals surface area contributed by atoms with Gasteiger partial charge in [-0.3, -0.25) is 4.98 Å². The fourth-order valence-electron chi connectivity index (χ4n) is 4.25. The number of fused-ring (bicyclic) bond motifs is 1. The van der Waals surface area contributed by atoms with E-state index in [1.807, 2.05) is 0 Å². The fourth-order valence-corrected chi connectivity index (χ4v) is 4.25. The van der Waals surface area contributed by atoms with Crippen LogP contribution in [0.2, 0.25) is 0 Å². The highest BCUT2D eigenvalue weighted by Gasteiger charge is 2.71. The number of aromatic nitrogens is 2. The highest BCUT2D eigenvalue weighted by Crippen LogP contribution is 2.50. The summed E-state index contributed by atoms with van der Waals surface area (Å²) in [5.74, 6) is 0. The van der Waals surface area contributed by atoms with E-state index in [-0.39, 0.29) is 11.9 Å². The number of aryl methyl sites for hydroxylation is 2. The third-order valence-corrected chi connectivity index (χ3v) is 6.38. The molecule has 1 N–H and O–H groups in total. The molecule has 0 unspecified atom stereocenters. The van der Waals surface area contributed by atoms with E-state index in [4.69, 9.17) is 0 Å². The SMILES string of the molecule is Cc1nc(-c2ccc(C(F)(F)F)cc2)ccc1Cn1c(C)cc2cc(C(O)(C(F)(F)F)C(F)(F)F)ccc21. The Morgan fingerprint density at radius 2 is 1.32 bits per heavy atom. The van der Waals surface area contributed by atoms with Crippen LogP contribution in [-0.2, 0) is 18.3 Å². The molecule has 202 valence electrons. The highest BCUT2D eigenvalue weighted by atomic mass is 19.4. The predicted octanol–water partition coefficient (Wildman–Crippen LogP) is 7.70. The number of pyridine rings is 1. The van der Waals surface area contributed by atoms with E-state index in [0.717, 1.165) is 18.2 Å².